The summed E-state index contributed by atoms with van der Waals surface area (Å²) in [7, 11) is 0. The Bertz CT molecular complexity index is 975. The van der Waals surface area contributed by atoms with Crippen molar-refractivity contribution in [3.63, 3.8) is 0 Å². The maximum Gasteiger partial charge on any atom is 0.257 e. The van der Waals surface area contributed by atoms with Crippen LogP contribution in [0.25, 0.3) is 5.69 Å². The number of para-hydroxylation sites is 1. The topological polar surface area (TPSA) is 59.4 Å². The van der Waals surface area contributed by atoms with E-state index in [1.54, 1.807) is 6.20 Å². The average molecular weight is 376 g/mol. The Balaban J connectivity index is 1.62. The zero-order valence-electron chi connectivity index (χ0n) is 16.2. The standard InChI is InChI=1S/C22H24N4O2/c1-16-15-19(17(2)26(16)18-7-4-3-5-8-18)22(27)24-20-9-6-10-23-21(20)25-11-13-28-14-12-25/h3-10,15H,11-14H2,1-2H3,(H,24,27). The highest BCUT2D eigenvalue weighted by atomic mass is 16.5. The minimum atomic E-state index is -0.127. The Morgan fingerprint density at radius 2 is 1.82 bits per heavy atom. The van der Waals surface area contributed by atoms with Gasteiger partial charge in [-0.2, -0.15) is 0 Å². The minimum Gasteiger partial charge on any atom is -0.378 e. The Labute approximate surface area is 164 Å². The molecule has 1 amide bonds. The van der Waals surface area contributed by atoms with Crippen molar-refractivity contribution in [1.29, 1.82) is 0 Å². The molecule has 1 aromatic carbocycles. The number of benzene rings is 1. The summed E-state index contributed by atoms with van der Waals surface area (Å²) in [6.45, 7) is 6.86. The number of carbonyl (C=O) groups is 1. The predicted octanol–water partition coefficient (Wildman–Crippen LogP) is 3.58. The van der Waals surface area contributed by atoms with Crippen LogP contribution in [0.1, 0.15) is 21.7 Å². The summed E-state index contributed by atoms with van der Waals surface area (Å²) >= 11 is 0. The molecule has 4 rings (SSSR count). The molecule has 3 aromatic rings. The minimum absolute atomic E-state index is 0.127. The van der Waals surface area contributed by atoms with Gasteiger partial charge in [0.05, 0.1) is 24.5 Å². The van der Waals surface area contributed by atoms with Gasteiger partial charge in [-0.05, 0) is 44.2 Å². The molecule has 0 atom stereocenters. The molecule has 6 heteroatoms. The fourth-order valence-electron chi connectivity index (χ4n) is 3.68. The molecular weight excluding hydrogens is 352 g/mol. The highest BCUT2D eigenvalue weighted by molar-refractivity contribution is 6.06. The van der Waals surface area contributed by atoms with Crippen LogP contribution in [0, 0.1) is 13.8 Å². The van der Waals surface area contributed by atoms with E-state index in [0.29, 0.717) is 18.8 Å². The summed E-state index contributed by atoms with van der Waals surface area (Å²) in [4.78, 5) is 19.7. The molecule has 0 spiro atoms. The molecule has 0 saturated carbocycles. The van der Waals surface area contributed by atoms with Crippen molar-refractivity contribution in [2.24, 2.45) is 0 Å². The Morgan fingerprint density at radius 1 is 1.07 bits per heavy atom. The van der Waals surface area contributed by atoms with Crippen LogP contribution in [0.15, 0.2) is 54.7 Å². The summed E-state index contributed by atoms with van der Waals surface area (Å²) in [6.07, 6.45) is 1.75. The van der Waals surface area contributed by atoms with Gasteiger partial charge in [-0.15, -0.1) is 0 Å². The monoisotopic (exact) mass is 376 g/mol. The van der Waals surface area contributed by atoms with Crippen LogP contribution in [0.5, 0.6) is 0 Å². The highest BCUT2D eigenvalue weighted by Crippen LogP contribution is 2.26. The fourth-order valence-corrected chi connectivity index (χ4v) is 3.68. The van der Waals surface area contributed by atoms with Crippen molar-refractivity contribution in [2.75, 3.05) is 36.5 Å². The first-order valence-corrected chi connectivity index (χ1v) is 9.48. The van der Waals surface area contributed by atoms with Crippen LogP contribution >= 0.6 is 0 Å². The highest BCUT2D eigenvalue weighted by Gasteiger charge is 2.20. The smallest absolute Gasteiger partial charge is 0.257 e. The van der Waals surface area contributed by atoms with Gasteiger partial charge in [0.15, 0.2) is 5.82 Å². The first-order valence-electron chi connectivity index (χ1n) is 9.48. The second kappa shape index (κ2) is 7.86. The molecule has 144 valence electrons. The van der Waals surface area contributed by atoms with E-state index >= 15 is 0 Å². The molecule has 1 fully saturated rings. The van der Waals surface area contributed by atoms with E-state index < -0.39 is 0 Å². The number of rotatable bonds is 4. The van der Waals surface area contributed by atoms with Gasteiger partial charge in [0.25, 0.3) is 5.91 Å². The molecule has 6 nitrogen and oxygen atoms in total. The number of carbonyl (C=O) groups excluding carboxylic acids is 1. The average Bonchev–Trinajstić information content (AvgIpc) is 3.04. The van der Waals surface area contributed by atoms with E-state index in [1.165, 1.54) is 0 Å². The summed E-state index contributed by atoms with van der Waals surface area (Å²) in [5.74, 6) is 0.661. The molecule has 1 aliphatic rings. The third-order valence-electron chi connectivity index (χ3n) is 5.04. The number of nitrogens with one attached hydrogen (secondary N) is 1. The van der Waals surface area contributed by atoms with E-state index in [-0.39, 0.29) is 5.91 Å². The first-order chi connectivity index (χ1) is 13.6. The summed E-state index contributed by atoms with van der Waals surface area (Å²) in [5, 5.41) is 3.06. The SMILES string of the molecule is Cc1cc(C(=O)Nc2cccnc2N2CCOCC2)c(C)n1-c1ccccc1. The maximum atomic E-state index is 13.1. The molecule has 1 N–H and O–H groups in total. The van der Waals surface area contributed by atoms with Gasteiger partial charge in [-0.3, -0.25) is 4.79 Å². The summed E-state index contributed by atoms with van der Waals surface area (Å²) in [5.41, 5.74) is 4.37. The number of anilines is 2. The van der Waals surface area contributed by atoms with Crippen molar-refractivity contribution in [3.8, 4) is 5.69 Å². The number of aromatic nitrogens is 2. The van der Waals surface area contributed by atoms with Gasteiger partial charge in [0, 0.05) is 36.4 Å². The second-order valence-corrected chi connectivity index (χ2v) is 6.88. The Kier molecular flexibility index (Phi) is 5.12. The van der Waals surface area contributed by atoms with Gasteiger partial charge in [-0.25, -0.2) is 4.98 Å². The number of morpholine rings is 1. The lowest BCUT2D eigenvalue weighted by molar-refractivity contribution is 0.102. The van der Waals surface area contributed by atoms with Crippen molar-refractivity contribution in [3.05, 3.63) is 71.7 Å². The van der Waals surface area contributed by atoms with E-state index in [0.717, 1.165) is 41.7 Å². The van der Waals surface area contributed by atoms with E-state index in [2.05, 4.69) is 19.8 Å². The number of hydrogen-bond acceptors (Lipinski definition) is 4. The lowest BCUT2D eigenvalue weighted by atomic mass is 10.2. The third-order valence-corrected chi connectivity index (χ3v) is 5.04. The molecule has 0 bridgehead atoms. The molecule has 2 aromatic heterocycles. The Morgan fingerprint density at radius 3 is 2.57 bits per heavy atom. The normalized spacial score (nSPS) is 14.1. The van der Waals surface area contributed by atoms with Crippen LogP contribution in [-0.2, 0) is 4.74 Å². The quantitative estimate of drug-likeness (QED) is 0.756. The van der Waals surface area contributed by atoms with E-state index in [4.69, 9.17) is 4.74 Å². The fraction of sp³-hybridized carbons (Fsp3) is 0.273. The summed E-state index contributed by atoms with van der Waals surface area (Å²) in [6, 6.07) is 15.7. The van der Waals surface area contributed by atoms with Gasteiger partial charge in [-0.1, -0.05) is 18.2 Å². The predicted molar refractivity (Wildman–Crippen MR) is 110 cm³/mol. The number of aryl methyl sites for hydroxylation is 1. The molecule has 1 aliphatic heterocycles. The van der Waals surface area contributed by atoms with Gasteiger partial charge >= 0.3 is 0 Å². The molecule has 3 heterocycles. The van der Waals surface area contributed by atoms with Crippen LogP contribution in [0.3, 0.4) is 0 Å². The lowest BCUT2D eigenvalue weighted by Crippen LogP contribution is -2.37. The zero-order valence-corrected chi connectivity index (χ0v) is 16.2. The molecule has 28 heavy (non-hydrogen) atoms. The number of amides is 1. The molecule has 0 radical (unpaired) electrons. The van der Waals surface area contributed by atoms with Crippen LogP contribution < -0.4 is 10.2 Å². The summed E-state index contributed by atoms with van der Waals surface area (Å²) < 4.78 is 7.52. The van der Waals surface area contributed by atoms with Crippen molar-refractivity contribution < 1.29 is 9.53 Å². The van der Waals surface area contributed by atoms with Gasteiger partial charge in [0.1, 0.15) is 0 Å². The first kappa shape index (κ1) is 18.3. The van der Waals surface area contributed by atoms with Crippen molar-refractivity contribution in [1.82, 2.24) is 9.55 Å². The van der Waals surface area contributed by atoms with Crippen LogP contribution in [0.4, 0.5) is 11.5 Å². The molecule has 0 unspecified atom stereocenters. The number of ether oxygens (including phenoxy) is 1. The largest absolute Gasteiger partial charge is 0.378 e. The molecule has 0 aliphatic carbocycles. The second-order valence-electron chi connectivity index (χ2n) is 6.88. The van der Waals surface area contributed by atoms with Crippen molar-refractivity contribution in [2.45, 2.75) is 13.8 Å². The van der Waals surface area contributed by atoms with E-state index in [1.807, 2.05) is 62.4 Å². The maximum absolute atomic E-state index is 13.1. The zero-order chi connectivity index (χ0) is 19.5. The Hall–Kier alpha value is -3.12. The van der Waals surface area contributed by atoms with Crippen LogP contribution in [-0.4, -0.2) is 41.8 Å². The van der Waals surface area contributed by atoms with E-state index in [9.17, 15) is 4.79 Å². The number of nitrogens with zero attached hydrogens (tertiary/aromatic N) is 3. The number of pyridine rings is 1. The molecular formula is C22H24N4O2. The lowest BCUT2D eigenvalue weighted by Gasteiger charge is -2.29. The van der Waals surface area contributed by atoms with Gasteiger partial charge in [0.2, 0.25) is 0 Å². The van der Waals surface area contributed by atoms with Crippen molar-refractivity contribution >= 4 is 17.4 Å². The third kappa shape index (κ3) is 3.51. The van der Waals surface area contributed by atoms with Gasteiger partial charge < -0.3 is 19.5 Å². The van der Waals surface area contributed by atoms with Crippen LogP contribution in [0.2, 0.25) is 0 Å². The molecule has 1 saturated heterocycles. The number of hydrogen-bond donors (Lipinski definition) is 1.